The van der Waals surface area contributed by atoms with Crippen LogP contribution in [0.3, 0.4) is 0 Å². The van der Waals surface area contributed by atoms with Gasteiger partial charge in [-0.1, -0.05) is 6.07 Å². The van der Waals surface area contributed by atoms with Gasteiger partial charge in [0.25, 0.3) is 0 Å². The zero-order valence-corrected chi connectivity index (χ0v) is 16.1. The van der Waals surface area contributed by atoms with Gasteiger partial charge in [-0.05, 0) is 29.8 Å². The average Bonchev–Trinajstić information content (AvgIpc) is 3.17. The molecule has 3 aromatic rings. The molecule has 0 aliphatic carbocycles. The van der Waals surface area contributed by atoms with E-state index >= 15 is 0 Å². The number of nitrogens with one attached hydrogen (secondary N) is 1. The molecule has 2 heterocycles. The summed E-state index contributed by atoms with van der Waals surface area (Å²) in [5, 5.41) is 5.89. The van der Waals surface area contributed by atoms with Crippen molar-refractivity contribution in [2.75, 3.05) is 20.8 Å². The first kappa shape index (κ1) is 18.8. The minimum Gasteiger partial charge on any atom is -0.493 e. The summed E-state index contributed by atoms with van der Waals surface area (Å²) in [6.45, 7) is 0.544. The summed E-state index contributed by atoms with van der Waals surface area (Å²) in [6.07, 6.45) is 4.52. The molecule has 0 saturated heterocycles. The average molecular weight is 383 g/mol. The maximum atomic E-state index is 12.2. The van der Waals surface area contributed by atoms with Crippen molar-refractivity contribution in [1.82, 2.24) is 15.3 Å². The summed E-state index contributed by atoms with van der Waals surface area (Å²) in [4.78, 5) is 20.9. The molecule has 1 aromatic carbocycles. The predicted octanol–water partition coefficient (Wildman–Crippen LogP) is 3.12. The third-order valence-electron chi connectivity index (χ3n) is 3.98. The number of amides is 1. The number of thiazole rings is 1. The number of nitrogens with zero attached hydrogens (tertiary/aromatic N) is 2. The molecule has 0 unspecified atom stereocenters. The van der Waals surface area contributed by atoms with Crippen molar-refractivity contribution < 1.29 is 14.3 Å². The van der Waals surface area contributed by atoms with Crippen LogP contribution in [0.5, 0.6) is 11.5 Å². The van der Waals surface area contributed by atoms with E-state index in [-0.39, 0.29) is 5.91 Å². The Morgan fingerprint density at radius 3 is 2.78 bits per heavy atom. The highest BCUT2D eigenvalue weighted by atomic mass is 32.1. The van der Waals surface area contributed by atoms with Gasteiger partial charge in [0.2, 0.25) is 5.91 Å². The van der Waals surface area contributed by atoms with Gasteiger partial charge < -0.3 is 14.8 Å². The van der Waals surface area contributed by atoms with Crippen molar-refractivity contribution in [2.24, 2.45) is 0 Å². The van der Waals surface area contributed by atoms with Crippen LogP contribution in [0.4, 0.5) is 0 Å². The van der Waals surface area contributed by atoms with Gasteiger partial charge in [-0.15, -0.1) is 11.3 Å². The highest BCUT2D eigenvalue weighted by Gasteiger charge is 2.09. The first-order valence-electron chi connectivity index (χ1n) is 8.52. The van der Waals surface area contributed by atoms with Crippen LogP contribution in [-0.4, -0.2) is 36.6 Å². The van der Waals surface area contributed by atoms with Crippen LogP contribution >= 0.6 is 11.3 Å². The molecule has 2 aromatic heterocycles. The second-order valence-corrected chi connectivity index (χ2v) is 6.71. The molecule has 0 radical (unpaired) electrons. The van der Waals surface area contributed by atoms with E-state index < -0.39 is 0 Å². The highest BCUT2D eigenvalue weighted by molar-refractivity contribution is 7.13. The molecular weight excluding hydrogens is 362 g/mol. The molecule has 0 atom stereocenters. The number of ether oxygens (including phenoxy) is 2. The van der Waals surface area contributed by atoms with E-state index in [1.807, 2.05) is 29.6 Å². The Morgan fingerprint density at radius 2 is 2.04 bits per heavy atom. The van der Waals surface area contributed by atoms with Crippen molar-refractivity contribution in [2.45, 2.75) is 12.8 Å². The van der Waals surface area contributed by atoms with Crippen LogP contribution in [0.1, 0.15) is 11.3 Å². The minimum absolute atomic E-state index is 0.0371. The monoisotopic (exact) mass is 383 g/mol. The van der Waals surface area contributed by atoms with Crippen LogP contribution in [0.25, 0.3) is 10.6 Å². The summed E-state index contributed by atoms with van der Waals surface area (Å²) in [7, 11) is 3.16. The van der Waals surface area contributed by atoms with Crippen LogP contribution in [0.15, 0.2) is 48.1 Å². The Balaban J connectivity index is 1.49. The zero-order chi connectivity index (χ0) is 19.1. The fourth-order valence-corrected chi connectivity index (χ4v) is 3.46. The molecule has 6 nitrogen and oxygen atoms in total. The number of carbonyl (C=O) groups is 1. The summed E-state index contributed by atoms with van der Waals surface area (Å²) >= 11 is 1.58. The second-order valence-electron chi connectivity index (χ2n) is 5.85. The van der Waals surface area contributed by atoms with E-state index in [0.717, 1.165) is 21.8 Å². The quantitative estimate of drug-likeness (QED) is 0.647. The summed E-state index contributed by atoms with van der Waals surface area (Å²) in [5.41, 5.74) is 2.84. The normalized spacial score (nSPS) is 10.4. The highest BCUT2D eigenvalue weighted by Crippen LogP contribution is 2.27. The van der Waals surface area contributed by atoms with Gasteiger partial charge in [0.15, 0.2) is 11.5 Å². The zero-order valence-electron chi connectivity index (χ0n) is 15.3. The summed E-state index contributed by atoms with van der Waals surface area (Å²) in [6, 6.07) is 9.36. The standard InChI is InChI=1S/C20H21N3O3S/c1-25-17-6-5-14(10-18(17)26-2)11-19(24)22-9-7-16-13-27-20(23-16)15-4-3-8-21-12-15/h3-6,8,10,12-13H,7,9,11H2,1-2H3,(H,22,24). The second kappa shape index (κ2) is 9.14. The Hall–Kier alpha value is -2.93. The number of hydrogen-bond acceptors (Lipinski definition) is 6. The number of benzene rings is 1. The van der Waals surface area contributed by atoms with Gasteiger partial charge in [0.05, 0.1) is 26.3 Å². The Bertz CT molecular complexity index is 896. The Labute approximate surface area is 162 Å². The third-order valence-corrected chi connectivity index (χ3v) is 4.92. The van der Waals surface area contributed by atoms with E-state index in [9.17, 15) is 4.79 Å². The lowest BCUT2D eigenvalue weighted by molar-refractivity contribution is -0.120. The molecule has 3 rings (SSSR count). The van der Waals surface area contributed by atoms with Crippen molar-refractivity contribution in [1.29, 1.82) is 0 Å². The van der Waals surface area contributed by atoms with Crippen LogP contribution in [0.2, 0.25) is 0 Å². The molecule has 27 heavy (non-hydrogen) atoms. The molecule has 1 N–H and O–H groups in total. The maximum absolute atomic E-state index is 12.2. The first-order valence-corrected chi connectivity index (χ1v) is 9.40. The van der Waals surface area contributed by atoms with Gasteiger partial charge in [-0.2, -0.15) is 0 Å². The Morgan fingerprint density at radius 1 is 1.19 bits per heavy atom. The molecule has 0 spiro atoms. The molecule has 0 saturated carbocycles. The molecule has 0 aliphatic rings. The fraction of sp³-hybridized carbons (Fsp3) is 0.250. The number of rotatable bonds is 8. The number of pyridine rings is 1. The molecule has 0 aliphatic heterocycles. The van der Waals surface area contributed by atoms with Crippen molar-refractivity contribution in [3.8, 4) is 22.1 Å². The molecule has 1 amide bonds. The van der Waals surface area contributed by atoms with E-state index in [0.29, 0.717) is 30.9 Å². The third kappa shape index (κ3) is 5.04. The topological polar surface area (TPSA) is 73.3 Å². The molecule has 0 bridgehead atoms. The lowest BCUT2D eigenvalue weighted by Gasteiger charge is -2.09. The number of carbonyl (C=O) groups excluding carboxylic acids is 1. The van der Waals surface area contributed by atoms with E-state index in [1.54, 1.807) is 44.0 Å². The number of aromatic nitrogens is 2. The summed E-state index contributed by atoms with van der Waals surface area (Å²) in [5.74, 6) is 1.23. The van der Waals surface area contributed by atoms with Gasteiger partial charge in [0.1, 0.15) is 5.01 Å². The number of hydrogen-bond donors (Lipinski definition) is 1. The van der Waals surface area contributed by atoms with Gasteiger partial charge in [-0.3, -0.25) is 9.78 Å². The molecule has 7 heteroatoms. The maximum Gasteiger partial charge on any atom is 0.224 e. The van der Waals surface area contributed by atoms with Gasteiger partial charge in [-0.25, -0.2) is 4.98 Å². The SMILES string of the molecule is COc1ccc(CC(=O)NCCc2csc(-c3cccnc3)n2)cc1OC. The van der Waals surface area contributed by atoms with Gasteiger partial charge >= 0.3 is 0 Å². The van der Waals surface area contributed by atoms with E-state index in [4.69, 9.17) is 9.47 Å². The van der Waals surface area contributed by atoms with Crippen molar-refractivity contribution in [3.05, 3.63) is 59.4 Å². The fourth-order valence-electron chi connectivity index (χ4n) is 2.61. The lowest BCUT2D eigenvalue weighted by Crippen LogP contribution is -2.27. The van der Waals surface area contributed by atoms with E-state index in [2.05, 4.69) is 15.3 Å². The van der Waals surface area contributed by atoms with Crippen molar-refractivity contribution >= 4 is 17.2 Å². The van der Waals surface area contributed by atoms with E-state index in [1.165, 1.54) is 0 Å². The molecular formula is C20H21N3O3S. The minimum atomic E-state index is -0.0371. The van der Waals surface area contributed by atoms with Crippen LogP contribution in [-0.2, 0) is 17.6 Å². The Kier molecular flexibility index (Phi) is 6.38. The molecule has 0 fully saturated rings. The first-order chi connectivity index (χ1) is 13.2. The van der Waals surface area contributed by atoms with Crippen LogP contribution < -0.4 is 14.8 Å². The van der Waals surface area contributed by atoms with Crippen LogP contribution in [0, 0.1) is 0 Å². The summed E-state index contributed by atoms with van der Waals surface area (Å²) < 4.78 is 10.5. The largest absolute Gasteiger partial charge is 0.493 e. The smallest absolute Gasteiger partial charge is 0.224 e. The van der Waals surface area contributed by atoms with Crippen molar-refractivity contribution in [3.63, 3.8) is 0 Å². The predicted molar refractivity (Wildman–Crippen MR) is 105 cm³/mol. The number of methoxy groups -OCH3 is 2. The van der Waals surface area contributed by atoms with Gasteiger partial charge in [0, 0.05) is 36.3 Å². The molecule has 140 valence electrons. The lowest BCUT2D eigenvalue weighted by atomic mass is 10.1.